The number of nitrogens with zero attached hydrogens (tertiary/aromatic N) is 1. The Labute approximate surface area is 126 Å². The van der Waals surface area contributed by atoms with E-state index >= 15 is 0 Å². The Morgan fingerprint density at radius 3 is 2.50 bits per heavy atom. The fourth-order valence-corrected chi connectivity index (χ4v) is 2.15. The van der Waals surface area contributed by atoms with E-state index in [4.69, 9.17) is 23.2 Å². The molecule has 0 aliphatic rings. The number of nitro benzene ring substituents is 1. The van der Waals surface area contributed by atoms with Crippen LogP contribution in [0.3, 0.4) is 0 Å². The maximum absolute atomic E-state index is 11.0. The Balaban J connectivity index is 2.27. The molecule has 0 aliphatic heterocycles. The number of nitrogens with one attached hydrogen (secondary N) is 1. The van der Waals surface area contributed by atoms with Gasteiger partial charge in [0.2, 0.25) is 0 Å². The molecule has 0 fully saturated rings. The van der Waals surface area contributed by atoms with E-state index < -0.39 is 4.92 Å². The van der Waals surface area contributed by atoms with Gasteiger partial charge in [0.25, 0.3) is 5.69 Å². The van der Waals surface area contributed by atoms with E-state index in [2.05, 4.69) is 5.32 Å². The van der Waals surface area contributed by atoms with Crippen LogP contribution in [0.2, 0.25) is 10.0 Å². The first-order valence-corrected chi connectivity index (χ1v) is 6.66. The molecule has 2 aromatic carbocycles. The summed E-state index contributed by atoms with van der Waals surface area (Å²) in [5, 5.41) is 14.5. The van der Waals surface area contributed by atoms with Gasteiger partial charge in [0, 0.05) is 12.6 Å². The SMILES string of the molecule is Cc1ccccc1CNc1cc(Cl)c(Cl)cc1[N+](=O)[O-]. The highest BCUT2D eigenvalue weighted by atomic mass is 35.5. The third-order valence-electron chi connectivity index (χ3n) is 2.97. The van der Waals surface area contributed by atoms with E-state index in [0.717, 1.165) is 11.1 Å². The number of nitro groups is 1. The lowest BCUT2D eigenvalue weighted by Gasteiger charge is -2.10. The van der Waals surface area contributed by atoms with Crippen molar-refractivity contribution in [1.29, 1.82) is 0 Å². The highest BCUT2D eigenvalue weighted by Gasteiger charge is 2.16. The summed E-state index contributed by atoms with van der Waals surface area (Å²) in [4.78, 5) is 10.5. The molecular formula is C14H12Cl2N2O2. The smallest absolute Gasteiger partial charge is 0.293 e. The molecule has 0 heterocycles. The van der Waals surface area contributed by atoms with Gasteiger partial charge in [0.1, 0.15) is 5.69 Å². The molecule has 4 nitrogen and oxygen atoms in total. The highest BCUT2D eigenvalue weighted by Crippen LogP contribution is 2.34. The molecule has 6 heteroatoms. The van der Waals surface area contributed by atoms with Crippen LogP contribution in [0.15, 0.2) is 36.4 Å². The Morgan fingerprint density at radius 2 is 1.85 bits per heavy atom. The van der Waals surface area contributed by atoms with Gasteiger partial charge >= 0.3 is 0 Å². The van der Waals surface area contributed by atoms with E-state index in [1.54, 1.807) is 0 Å². The van der Waals surface area contributed by atoms with Crippen LogP contribution in [0.25, 0.3) is 0 Å². The molecule has 0 saturated heterocycles. The predicted octanol–water partition coefficient (Wildman–Crippen LogP) is 4.82. The van der Waals surface area contributed by atoms with Crippen molar-refractivity contribution in [2.75, 3.05) is 5.32 Å². The molecule has 0 spiro atoms. The fraction of sp³-hybridized carbons (Fsp3) is 0.143. The monoisotopic (exact) mass is 310 g/mol. The number of hydrogen-bond acceptors (Lipinski definition) is 3. The van der Waals surface area contributed by atoms with Crippen molar-refractivity contribution in [2.24, 2.45) is 0 Å². The molecule has 0 saturated carbocycles. The Morgan fingerprint density at radius 1 is 1.20 bits per heavy atom. The van der Waals surface area contributed by atoms with Crippen LogP contribution in [0.4, 0.5) is 11.4 Å². The molecule has 2 aromatic rings. The van der Waals surface area contributed by atoms with Crippen molar-refractivity contribution in [3.05, 3.63) is 67.7 Å². The quantitative estimate of drug-likeness (QED) is 0.650. The van der Waals surface area contributed by atoms with Crippen LogP contribution in [-0.2, 0) is 6.54 Å². The summed E-state index contributed by atoms with van der Waals surface area (Å²) in [7, 11) is 0. The number of anilines is 1. The topological polar surface area (TPSA) is 55.2 Å². The third-order valence-corrected chi connectivity index (χ3v) is 3.69. The summed E-state index contributed by atoms with van der Waals surface area (Å²) < 4.78 is 0. The summed E-state index contributed by atoms with van der Waals surface area (Å²) in [6.45, 7) is 2.46. The van der Waals surface area contributed by atoms with Gasteiger partial charge in [0.15, 0.2) is 0 Å². The predicted molar refractivity (Wildman–Crippen MR) is 81.6 cm³/mol. The van der Waals surface area contributed by atoms with Crippen molar-refractivity contribution in [3.63, 3.8) is 0 Å². The Bertz CT molecular complexity index is 660. The van der Waals surface area contributed by atoms with Gasteiger partial charge < -0.3 is 5.32 Å². The van der Waals surface area contributed by atoms with Crippen LogP contribution >= 0.6 is 23.2 Å². The minimum Gasteiger partial charge on any atom is -0.375 e. The standard InChI is InChI=1S/C14H12Cl2N2O2/c1-9-4-2-3-5-10(9)8-17-13-6-11(15)12(16)7-14(13)18(19)20/h2-7,17H,8H2,1H3. The normalized spacial score (nSPS) is 10.3. The van der Waals surface area contributed by atoms with E-state index in [9.17, 15) is 10.1 Å². The Kier molecular flexibility index (Phi) is 4.47. The van der Waals surface area contributed by atoms with Crippen molar-refractivity contribution in [2.45, 2.75) is 13.5 Å². The van der Waals surface area contributed by atoms with Crippen molar-refractivity contribution >= 4 is 34.6 Å². The molecule has 0 radical (unpaired) electrons. The molecule has 1 N–H and O–H groups in total. The molecular weight excluding hydrogens is 299 g/mol. The van der Waals surface area contributed by atoms with Crippen LogP contribution < -0.4 is 5.32 Å². The molecule has 0 bridgehead atoms. The van der Waals surface area contributed by atoms with Crippen molar-refractivity contribution < 1.29 is 4.92 Å². The molecule has 0 amide bonds. The number of halogens is 2. The van der Waals surface area contributed by atoms with Crippen molar-refractivity contribution in [3.8, 4) is 0 Å². The second-order valence-electron chi connectivity index (χ2n) is 4.32. The summed E-state index contributed by atoms with van der Waals surface area (Å²) in [5.41, 5.74) is 2.44. The molecule has 0 unspecified atom stereocenters. The zero-order valence-electron chi connectivity index (χ0n) is 10.7. The second kappa shape index (κ2) is 6.11. The average Bonchev–Trinajstić information content (AvgIpc) is 2.41. The van der Waals surface area contributed by atoms with Crippen LogP contribution in [0, 0.1) is 17.0 Å². The maximum atomic E-state index is 11.0. The van der Waals surface area contributed by atoms with Crippen LogP contribution in [-0.4, -0.2) is 4.92 Å². The van der Waals surface area contributed by atoms with Crippen LogP contribution in [0.5, 0.6) is 0 Å². The van der Waals surface area contributed by atoms with Crippen molar-refractivity contribution in [1.82, 2.24) is 0 Å². The lowest BCUT2D eigenvalue weighted by atomic mass is 10.1. The van der Waals surface area contributed by atoms with Gasteiger partial charge in [-0.25, -0.2) is 0 Å². The van der Waals surface area contributed by atoms with E-state index in [1.807, 2.05) is 31.2 Å². The molecule has 20 heavy (non-hydrogen) atoms. The molecule has 2 rings (SSSR count). The summed E-state index contributed by atoms with van der Waals surface area (Å²) in [5.74, 6) is 0. The molecule has 0 aromatic heterocycles. The van der Waals surface area contributed by atoms with Gasteiger partial charge in [-0.1, -0.05) is 47.5 Å². The lowest BCUT2D eigenvalue weighted by Crippen LogP contribution is -2.04. The summed E-state index contributed by atoms with van der Waals surface area (Å²) >= 11 is 11.7. The van der Waals surface area contributed by atoms with E-state index in [1.165, 1.54) is 12.1 Å². The minimum atomic E-state index is -0.484. The average molecular weight is 311 g/mol. The van der Waals surface area contributed by atoms with Gasteiger partial charge in [-0.15, -0.1) is 0 Å². The summed E-state index contributed by atoms with van der Waals surface area (Å²) in [6, 6.07) is 10.5. The maximum Gasteiger partial charge on any atom is 0.293 e. The second-order valence-corrected chi connectivity index (χ2v) is 5.14. The molecule has 104 valence electrons. The highest BCUT2D eigenvalue weighted by molar-refractivity contribution is 6.42. The van der Waals surface area contributed by atoms with Gasteiger partial charge in [-0.3, -0.25) is 10.1 Å². The summed E-state index contributed by atoms with van der Waals surface area (Å²) in [6.07, 6.45) is 0. The van der Waals surface area contributed by atoms with E-state index in [-0.39, 0.29) is 15.7 Å². The number of aryl methyl sites for hydroxylation is 1. The molecule has 0 aliphatic carbocycles. The minimum absolute atomic E-state index is 0.0898. The zero-order valence-corrected chi connectivity index (χ0v) is 12.2. The van der Waals surface area contributed by atoms with Gasteiger partial charge in [0.05, 0.1) is 15.0 Å². The third kappa shape index (κ3) is 3.21. The van der Waals surface area contributed by atoms with Gasteiger partial charge in [-0.05, 0) is 24.1 Å². The van der Waals surface area contributed by atoms with Crippen LogP contribution in [0.1, 0.15) is 11.1 Å². The zero-order chi connectivity index (χ0) is 14.7. The number of benzene rings is 2. The first kappa shape index (κ1) is 14.6. The first-order valence-electron chi connectivity index (χ1n) is 5.91. The first-order chi connectivity index (χ1) is 9.49. The lowest BCUT2D eigenvalue weighted by molar-refractivity contribution is -0.383. The Hall–Kier alpha value is -1.78. The largest absolute Gasteiger partial charge is 0.375 e. The van der Waals surface area contributed by atoms with E-state index in [0.29, 0.717) is 12.2 Å². The molecule has 0 atom stereocenters. The number of rotatable bonds is 4. The fourth-order valence-electron chi connectivity index (χ4n) is 1.83. The number of hydrogen-bond donors (Lipinski definition) is 1. The van der Waals surface area contributed by atoms with Gasteiger partial charge in [-0.2, -0.15) is 0 Å².